The van der Waals surface area contributed by atoms with Crippen LogP contribution < -0.4 is 5.32 Å². The van der Waals surface area contributed by atoms with E-state index in [1.807, 2.05) is 0 Å². The molecule has 1 aliphatic heterocycles. The summed E-state index contributed by atoms with van der Waals surface area (Å²) in [7, 11) is 1.17. The number of halogens is 3. The van der Waals surface area contributed by atoms with E-state index in [-0.39, 0.29) is 17.8 Å². The van der Waals surface area contributed by atoms with E-state index in [1.54, 1.807) is 30.3 Å². The van der Waals surface area contributed by atoms with Gasteiger partial charge >= 0.3 is 12.1 Å². The fourth-order valence-corrected chi connectivity index (χ4v) is 2.73. The van der Waals surface area contributed by atoms with Crippen LogP contribution in [0.4, 0.5) is 19.0 Å². The smallest absolute Gasteiger partial charge is 0.410 e. The molecule has 0 radical (unpaired) electrons. The van der Waals surface area contributed by atoms with Gasteiger partial charge in [-0.2, -0.15) is 18.3 Å². The van der Waals surface area contributed by atoms with Gasteiger partial charge in [-0.25, -0.2) is 9.48 Å². The Labute approximate surface area is 130 Å². The first-order valence-electron chi connectivity index (χ1n) is 6.96. The second-order valence-corrected chi connectivity index (χ2v) is 5.24. The standard InChI is InChI=1S/C15H14F3N3O2/c1-23-14(22)10-8-19-21-12(15(16,17)18)7-11(20-13(10)21)9-5-3-2-4-6-9/h2-6,8,11-12,20H,7H2,1H3/t11-,12-/m0/s1. The van der Waals surface area contributed by atoms with Gasteiger partial charge in [0.25, 0.3) is 0 Å². The Morgan fingerprint density at radius 2 is 2.04 bits per heavy atom. The molecule has 5 nitrogen and oxygen atoms in total. The quantitative estimate of drug-likeness (QED) is 0.861. The number of fused-ring (bicyclic) bond motifs is 1. The number of alkyl halides is 3. The number of aromatic nitrogens is 2. The summed E-state index contributed by atoms with van der Waals surface area (Å²) in [5.41, 5.74) is 0.701. The molecule has 0 bridgehead atoms. The first-order valence-corrected chi connectivity index (χ1v) is 6.96. The molecule has 1 aliphatic rings. The summed E-state index contributed by atoms with van der Waals surface area (Å²) in [6.07, 6.45) is -3.58. The van der Waals surface area contributed by atoms with Crippen molar-refractivity contribution in [1.29, 1.82) is 0 Å². The molecule has 8 heteroatoms. The maximum atomic E-state index is 13.4. The van der Waals surface area contributed by atoms with Crippen molar-refractivity contribution in [1.82, 2.24) is 9.78 Å². The molecule has 122 valence electrons. The first kappa shape index (κ1) is 15.4. The number of carbonyl (C=O) groups excluding carboxylic acids is 1. The van der Waals surface area contributed by atoms with Crippen molar-refractivity contribution in [3.05, 3.63) is 47.7 Å². The highest BCUT2D eigenvalue weighted by Crippen LogP contribution is 2.44. The molecule has 2 heterocycles. The number of benzene rings is 1. The monoisotopic (exact) mass is 325 g/mol. The van der Waals surface area contributed by atoms with Crippen molar-refractivity contribution in [2.75, 3.05) is 12.4 Å². The van der Waals surface area contributed by atoms with Crippen LogP contribution in [0.25, 0.3) is 0 Å². The van der Waals surface area contributed by atoms with Crippen LogP contribution in [-0.2, 0) is 4.74 Å². The number of carbonyl (C=O) groups is 1. The molecule has 1 N–H and O–H groups in total. The van der Waals surface area contributed by atoms with Crippen LogP contribution in [0.3, 0.4) is 0 Å². The predicted molar refractivity (Wildman–Crippen MR) is 76.1 cm³/mol. The molecule has 0 fully saturated rings. The van der Waals surface area contributed by atoms with Gasteiger partial charge in [-0.3, -0.25) is 0 Å². The molecule has 23 heavy (non-hydrogen) atoms. The summed E-state index contributed by atoms with van der Waals surface area (Å²) in [4.78, 5) is 11.7. The highest BCUT2D eigenvalue weighted by Gasteiger charge is 2.47. The molecule has 0 unspecified atom stereocenters. The van der Waals surface area contributed by atoms with E-state index in [0.29, 0.717) is 5.56 Å². The number of nitrogens with one attached hydrogen (secondary N) is 1. The number of ether oxygens (including phenoxy) is 1. The van der Waals surface area contributed by atoms with E-state index in [0.717, 1.165) is 10.9 Å². The normalized spacial score (nSPS) is 20.5. The van der Waals surface area contributed by atoms with Gasteiger partial charge in [0.2, 0.25) is 0 Å². The molecule has 2 aromatic rings. The summed E-state index contributed by atoms with van der Waals surface area (Å²) in [5.74, 6) is -0.701. The topological polar surface area (TPSA) is 56.1 Å². The minimum Gasteiger partial charge on any atom is -0.465 e. The number of hydrogen-bond donors (Lipinski definition) is 1. The van der Waals surface area contributed by atoms with Crippen LogP contribution in [0.15, 0.2) is 36.5 Å². The third-order valence-corrected chi connectivity index (χ3v) is 3.85. The van der Waals surface area contributed by atoms with E-state index in [2.05, 4.69) is 15.2 Å². The third kappa shape index (κ3) is 2.76. The van der Waals surface area contributed by atoms with E-state index in [4.69, 9.17) is 0 Å². The molecule has 0 saturated heterocycles. The molecule has 3 rings (SSSR count). The van der Waals surface area contributed by atoms with Gasteiger partial charge < -0.3 is 10.1 Å². The minimum atomic E-state index is -4.47. The summed E-state index contributed by atoms with van der Waals surface area (Å²) in [6.45, 7) is 0. The van der Waals surface area contributed by atoms with Gasteiger partial charge in [0, 0.05) is 6.42 Å². The Kier molecular flexibility index (Phi) is 3.75. The average Bonchev–Trinajstić information content (AvgIpc) is 2.97. The second kappa shape index (κ2) is 5.60. The van der Waals surface area contributed by atoms with E-state index >= 15 is 0 Å². The fraction of sp³-hybridized carbons (Fsp3) is 0.333. The van der Waals surface area contributed by atoms with E-state index in [9.17, 15) is 18.0 Å². The van der Waals surface area contributed by atoms with Gasteiger partial charge in [-0.15, -0.1) is 0 Å². The average molecular weight is 325 g/mol. The zero-order chi connectivity index (χ0) is 16.6. The van der Waals surface area contributed by atoms with Gasteiger partial charge in [-0.1, -0.05) is 30.3 Å². The van der Waals surface area contributed by atoms with Crippen LogP contribution in [0.5, 0.6) is 0 Å². The highest BCUT2D eigenvalue weighted by atomic mass is 19.4. The summed E-state index contributed by atoms with van der Waals surface area (Å²) < 4.78 is 45.6. The van der Waals surface area contributed by atoms with E-state index < -0.39 is 24.2 Å². The maximum absolute atomic E-state index is 13.4. The number of methoxy groups -OCH3 is 1. The lowest BCUT2D eigenvalue weighted by Crippen LogP contribution is -2.36. The number of esters is 1. The Morgan fingerprint density at radius 1 is 1.35 bits per heavy atom. The largest absolute Gasteiger partial charge is 0.465 e. The van der Waals surface area contributed by atoms with Crippen molar-refractivity contribution < 1.29 is 22.7 Å². The van der Waals surface area contributed by atoms with Crippen LogP contribution in [0, 0.1) is 0 Å². The molecule has 1 aromatic carbocycles. The van der Waals surface area contributed by atoms with E-state index in [1.165, 1.54) is 7.11 Å². The highest BCUT2D eigenvalue weighted by molar-refractivity contribution is 5.94. The van der Waals surface area contributed by atoms with Crippen LogP contribution in [-0.4, -0.2) is 29.0 Å². The Morgan fingerprint density at radius 3 is 2.65 bits per heavy atom. The maximum Gasteiger partial charge on any atom is 0.410 e. The third-order valence-electron chi connectivity index (χ3n) is 3.85. The van der Waals surface area contributed by atoms with Gasteiger partial charge in [0.05, 0.1) is 19.3 Å². The lowest BCUT2D eigenvalue weighted by molar-refractivity contribution is -0.173. The number of hydrogen-bond acceptors (Lipinski definition) is 4. The lowest BCUT2D eigenvalue weighted by atomic mass is 9.96. The van der Waals surface area contributed by atoms with Gasteiger partial charge in [0.15, 0.2) is 6.04 Å². The Balaban J connectivity index is 2.06. The van der Waals surface area contributed by atoms with Crippen molar-refractivity contribution in [3.8, 4) is 0 Å². The summed E-state index contributed by atoms with van der Waals surface area (Å²) >= 11 is 0. The van der Waals surface area contributed by atoms with Crippen molar-refractivity contribution in [2.24, 2.45) is 0 Å². The lowest BCUT2D eigenvalue weighted by Gasteiger charge is -2.33. The minimum absolute atomic E-state index is 0.0117. The molecule has 1 aromatic heterocycles. The Bertz CT molecular complexity index is 713. The van der Waals surface area contributed by atoms with Crippen LogP contribution in [0.1, 0.15) is 34.4 Å². The Hall–Kier alpha value is -2.51. The van der Waals surface area contributed by atoms with Crippen LogP contribution in [0.2, 0.25) is 0 Å². The fourth-order valence-electron chi connectivity index (χ4n) is 2.73. The molecular formula is C15H14F3N3O2. The van der Waals surface area contributed by atoms with Gasteiger partial charge in [0.1, 0.15) is 11.4 Å². The summed E-state index contributed by atoms with van der Waals surface area (Å²) in [5, 5.41) is 6.71. The molecule has 0 saturated carbocycles. The molecular weight excluding hydrogens is 311 g/mol. The van der Waals surface area contributed by atoms with Crippen molar-refractivity contribution in [2.45, 2.75) is 24.7 Å². The zero-order valence-electron chi connectivity index (χ0n) is 12.2. The molecule has 0 spiro atoms. The zero-order valence-corrected chi connectivity index (χ0v) is 12.2. The number of anilines is 1. The molecule has 0 amide bonds. The van der Waals surface area contributed by atoms with Crippen molar-refractivity contribution >= 4 is 11.8 Å². The van der Waals surface area contributed by atoms with Crippen LogP contribution >= 0.6 is 0 Å². The molecule has 0 aliphatic carbocycles. The van der Waals surface area contributed by atoms with Crippen molar-refractivity contribution in [3.63, 3.8) is 0 Å². The van der Waals surface area contributed by atoms with Gasteiger partial charge in [-0.05, 0) is 5.56 Å². The first-order chi connectivity index (χ1) is 10.9. The number of nitrogens with zero attached hydrogens (tertiary/aromatic N) is 2. The second-order valence-electron chi connectivity index (χ2n) is 5.24. The molecule has 2 atom stereocenters. The summed E-state index contributed by atoms with van der Waals surface area (Å²) in [6, 6.07) is 6.42. The number of rotatable bonds is 2. The SMILES string of the molecule is COC(=O)c1cnn2c1N[C@H](c1ccccc1)C[C@H]2C(F)(F)F. The predicted octanol–water partition coefficient (Wildman–Crippen LogP) is 3.33.